The number of halogens is 1. The molecule has 0 saturated heterocycles. The summed E-state index contributed by atoms with van der Waals surface area (Å²) in [7, 11) is 0. The van der Waals surface area contributed by atoms with Crippen LogP contribution in [0.3, 0.4) is 0 Å². The first-order valence-electron chi connectivity index (χ1n) is 5.45. The number of imidazole rings is 1. The molecule has 0 spiro atoms. The topological polar surface area (TPSA) is 17.3 Å². The summed E-state index contributed by atoms with van der Waals surface area (Å²) in [5.41, 5.74) is 3.15. The van der Waals surface area contributed by atoms with Gasteiger partial charge in [0.2, 0.25) is 0 Å². The maximum Gasteiger partial charge on any atom is 0.140 e. The van der Waals surface area contributed by atoms with Gasteiger partial charge < -0.3 is 4.40 Å². The molecule has 0 amide bonds. The molecule has 0 aliphatic carbocycles. The Labute approximate surface area is 98.4 Å². The van der Waals surface area contributed by atoms with Crippen molar-refractivity contribution in [1.82, 2.24) is 9.38 Å². The van der Waals surface area contributed by atoms with Crippen LogP contribution >= 0.6 is 0 Å². The third-order valence-electron chi connectivity index (χ3n) is 2.83. The molecule has 3 aromatic rings. The van der Waals surface area contributed by atoms with Crippen LogP contribution in [0, 0.1) is 12.7 Å². The van der Waals surface area contributed by atoms with Crippen molar-refractivity contribution in [2.45, 2.75) is 6.92 Å². The summed E-state index contributed by atoms with van der Waals surface area (Å²) in [5.74, 6) is -0.242. The molecular weight excluding hydrogens is 215 g/mol. The summed E-state index contributed by atoms with van der Waals surface area (Å²) in [5, 5.41) is 0. The average Bonchev–Trinajstić information content (AvgIpc) is 2.75. The maximum atomic E-state index is 13.7. The van der Waals surface area contributed by atoms with E-state index in [9.17, 15) is 4.39 Å². The van der Waals surface area contributed by atoms with E-state index < -0.39 is 0 Å². The monoisotopic (exact) mass is 226 g/mol. The van der Waals surface area contributed by atoms with E-state index in [4.69, 9.17) is 0 Å². The number of fused-ring (bicyclic) bond motifs is 1. The molecule has 84 valence electrons. The third-order valence-corrected chi connectivity index (χ3v) is 2.83. The van der Waals surface area contributed by atoms with Crippen LogP contribution in [-0.2, 0) is 0 Å². The number of benzene rings is 1. The largest absolute Gasteiger partial charge is 0.306 e. The van der Waals surface area contributed by atoms with E-state index in [1.807, 2.05) is 41.9 Å². The third kappa shape index (κ3) is 1.60. The van der Waals surface area contributed by atoms with Crippen molar-refractivity contribution in [3.8, 4) is 11.3 Å². The number of rotatable bonds is 1. The molecule has 0 fully saturated rings. The number of aryl methyl sites for hydroxylation is 1. The quantitative estimate of drug-likeness (QED) is 0.621. The van der Waals surface area contributed by atoms with Crippen molar-refractivity contribution < 1.29 is 4.39 Å². The Bertz CT molecular complexity index is 686. The van der Waals surface area contributed by atoms with Gasteiger partial charge in [0.25, 0.3) is 0 Å². The molecule has 0 unspecified atom stereocenters. The van der Waals surface area contributed by atoms with Gasteiger partial charge in [0.05, 0.1) is 5.69 Å². The molecule has 0 bridgehead atoms. The summed E-state index contributed by atoms with van der Waals surface area (Å²) in [6.45, 7) is 1.99. The molecule has 0 saturated carbocycles. The standard InChI is InChI=1S/C14H11FN2/c1-10-5-4-8-17-9-13(16-14(10)17)11-6-2-3-7-12(11)15/h2-9H,1H3. The molecule has 0 aliphatic heterocycles. The number of pyridine rings is 1. The lowest BCUT2D eigenvalue weighted by molar-refractivity contribution is 0.631. The minimum Gasteiger partial charge on any atom is -0.306 e. The van der Waals surface area contributed by atoms with Gasteiger partial charge in [0.1, 0.15) is 11.5 Å². The van der Waals surface area contributed by atoms with Crippen molar-refractivity contribution in [2.24, 2.45) is 0 Å². The second kappa shape index (κ2) is 3.70. The van der Waals surface area contributed by atoms with Crippen LogP contribution in [0.4, 0.5) is 4.39 Å². The lowest BCUT2D eigenvalue weighted by atomic mass is 10.1. The smallest absolute Gasteiger partial charge is 0.140 e. The molecule has 0 N–H and O–H groups in total. The van der Waals surface area contributed by atoms with E-state index in [1.54, 1.807) is 12.1 Å². The van der Waals surface area contributed by atoms with Crippen LogP contribution in [-0.4, -0.2) is 9.38 Å². The zero-order chi connectivity index (χ0) is 11.8. The van der Waals surface area contributed by atoms with Crippen molar-refractivity contribution in [3.05, 3.63) is 60.2 Å². The van der Waals surface area contributed by atoms with Crippen LogP contribution in [0.2, 0.25) is 0 Å². The Morgan fingerprint density at radius 2 is 1.94 bits per heavy atom. The highest BCUT2D eigenvalue weighted by Gasteiger charge is 2.09. The summed E-state index contributed by atoms with van der Waals surface area (Å²) in [4.78, 5) is 4.47. The highest BCUT2D eigenvalue weighted by atomic mass is 19.1. The van der Waals surface area contributed by atoms with E-state index >= 15 is 0 Å². The molecule has 2 aromatic heterocycles. The van der Waals surface area contributed by atoms with E-state index in [1.165, 1.54) is 6.07 Å². The molecular formula is C14H11FN2. The zero-order valence-electron chi connectivity index (χ0n) is 9.39. The van der Waals surface area contributed by atoms with E-state index in [0.29, 0.717) is 11.3 Å². The van der Waals surface area contributed by atoms with E-state index in [-0.39, 0.29) is 5.82 Å². The van der Waals surface area contributed by atoms with Gasteiger partial charge in [-0.2, -0.15) is 0 Å². The Hall–Kier alpha value is -2.16. The molecule has 0 radical (unpaired) electrons. The second-order valence-corrected chi connectivity index (χ2v) is 4.03. The highest BCUT2D eigenvalue weighted by molar-refractivity contribution is 5.64. The van der Waals surface area contributed by atoms with Gasteiger partial charge in [-0.3, -0.25) is 0 Å². The minimum atomic E-state index is -0.242. The van der Waals surface area contributed by atoms with Gasteiger partial charge >= 0.3 is 0 Å². The zero-order valence-corrected chi connectivity index (χ0v) is 9.39. The molecule has 17 heavy (non-hydrogen) atoms. The van der Waals surface area contributed by atoms with Gasteiger partial charge in [0.15, 0.2) is 0 Å². The SMILES string of the molecule is Cc1cccn2cc(-c3ccccc3F)nc12. The fourth-order valence-electron chi connectivity index (χ4n) is 1.95. The van der Waals surface area contributed by atoms with Gasteiger partial charge in [0, 0.05) is 18.0 Å². The molecule has 2 nitrogen and oxygen atoms in total. The van der Waals surface area contributed by atoms with Crippen LogP contribution in [0.1, 0.15) is 5.56 Å². The van der Waals surface area contributed by atoms with Gasteiger partial charge in [-0.05, 0) is 30.7 Å². The van der Waals surface area contributed by atoms with Crippen LogP contribution in [0.15, 0.2) is 48.8 Å². The first kappa shape index (κ1) is 10.0. The van der Waals surface area contributed by atoms with Crippen molar-refractivity contribution in [2.75, 3.05) is 0 Å². The predicted octanol–water partition coefficient (Wildman–Crippen LogP) is 3.45. The number of aromatic nitrogens is 2. The average molecular weight is 226 g/mol. The highest BCUT2D eigenvalue weighted by Crippen LogP contribution is 2.22. The van der Waals surface area contributed by atoms with Crippen LogP contribution < -0.4 is 0 Å². The number of nitrogens with zero attached hydrogens (tertiary/aromatic N) is 2. The van der Waals surface area contributed by atoms with Crippen molar-refractivity contribution >= 4 is 5.65 Å². The molecule has 3 rings (SSSR count). The first-order chi connectivity index (χ1) is 8.25. The van der Waals surface area contributed by atoms with E-state index in [2.05, 4.69) is 4.98 Å². The number of hydrogen-bond donors (Lipinski definition) is 0. The Balaban J connectivity index is 2.26. The maximum absolute atomic E-state index is 13.7. The van der Waals surface area contributed by atoms with Gasteiger partial charge in [-0.15, -0.1) is 0 Å². The van der Waals surface area contributed by atoms with Crippen LogP contribution in [0.25, 0.3) is 16.9 Å². The fraction of sp³-hybridized carbons (Fsp3) is 0.0714. The summed E-state index contributed by atoms with van der Waals surface area (Å²) in [6.07, 6.45) is 3.76. The van der Waals surface area contributed by atoms with Gasteiger partial charge in [-0.25, -0.2) is 9.37 Å². The predicted molar refractivity (Wildman–Crippen MR) is 65.3 cm³/mol. The lowest BCUT2D eigenvalue weighted by Crippen LogP contribution is -1.84. The second-order valence-electron chi connectivity index (χ2n) is 4.03. The summed E-state index contributed by atoms with van der Waals surface area (Å²) >= 11 is 0. The van der Waals surface area contributed by atoms with Gasteiger partial charge in [-0.1, -0.05) is 18.2 Å². The molecule has 2 heterocycles. The lowest BCUT2D eigenvalue weighted by Gasteiger charge is -1.96. The molecule has 1 aromatic carbocycles. The Morgan fingerprint density at radius 3 is 2.71 bits per heavy atom. The molecule has 0 atom stereocenters. The van der Waals surface area contributed by atoms with Crippen LogP contribution in [0.5, 0.6) is 0 Å². The number of hydrogen-bond acceptors (Lipinski definition) is 1. The Morgan fingerprint density at radius 1 is 1.12 bits per heavy atom. The minimum absolute atomic E-state index is 0.242. The molecule has 0 aliphatic rings. The van der Waals surface area contributed by atoms with E-state index in [0.717, 1.165) is 11.2 Å². The molecule has 3 heteroatoms. The fourth-order valence-corrected chi connectivity index (χ4v) is 1.95. The normalized spacial score (nSPS) is 10.9. The summed E-state index contributed by atoms with van der Waals surface area (Å²) < 4.78 is 15.6. The van der Waals surface area contributed by atoms with Crippen molar-refractivity contribution in [3.63, 3.8) is 0 Å². The summed E-state index contributed by atoms with van der Waals surface area (Å²) in [6, 6.07) is 10.6. The Kier molecular flexibility index (Phi) is 2.18. The first-order valence-corrected chi connectivity index (χ1v) is 5.45. The van der Waals surface area contributed by atoms with Crippen molar-refractivity contribution in [1.29, 1.82) is 0 Å².